The second-order valence-corrected chi connectivity index (χ2v) is 7.87. The lowest BCUT2D eigenvalue weighted by Crippen LogP contribution is -2.31. The first kappa shape index (κ1) is 19.4. The molecule has 0 spiro atoms. The van der Waals surface area contributed by atoms with Crippen LogP contribution in [-0.4, -0.2) is 29.5 Å². The Morgan fingerprint density at radius 3 is 2.83 bits per heavy atom. The van der Waals surface area contributed by atoms with Crippen LogP contribution in [0.1, 0.15) is 33.3 Å². The van der Waals surface area contributed by atoms with Crippen LogP contribution in [0.15, 0.2) is 71.1 Å². The van der Waals surface area contributed by atoms with Gasteiger partial charge >= 0.3 is 0 Å². The number of hydrogen-bond acceptors (Lipinski definition) is 5. The van der Waals surface area contributed by atoms with E-state index in [1.165, 1.54) is 5.01 Å². The normalized spacial score (nSPS) is 15.8. The summed E-state index contributed by atoms with van der Waals surface area (Å²) in [5.41, 5.74) is 2.09. The maximum Gasteiger partial charge on any atom is 0.281 e. The van der Waals surface area contributed by atoms with Gasteiger partial charge in [0.2, 0.25) is 0 Å². The third kappa shape index (κ3) is 4.23. The van der Waals surface area contributed by atoms with E-state index in [0.717, 1.165) is 22.4 Å². The van der Waals surface area contributed by atoms with Crippen molar-refractivity contribution in [3.05, 3.63) is 87.1 Å². The third-order valence-corrected chi connectivity index (χ3v) is 5.88. The number of ether oxygens (including phenoxy) is 1. The van der Waals surface area contributed by atoms with Gasteiger partial charge in [0.25, 0.3) is 5.91 Å². The van der Waals surface area contributed by atoms with Gasteiger partial charge in [-0.25, -0.2) is 5.01 Å². The highest BCUT2D eigenvalue weighted by molar-refractivity contribution is 7.10. The van der Waals surface area contributed by atoms with E-state index in [0.29, 0.717) is 22.8 Å². The molecule has 0 bridgehead atoms. The first-order chi connectivity index (χ1) is 14.2. The molecule has 1 atom stereocenters. The monoisotopic (exact) mass is 424 g/mol. The van der Waals surface area contributed by atoms with E-state index in [-0.39, 0.29) is 18.6 Å². The Labute approximate surface area is 177 Å². The largest absolute Gasteiger partial charge is 0.484 e. The summed E-state index contributed by atoms with van der Waals surface area (Å²) in [6.07, 6.45) is 1.32. The Kier molecular flexibility index (Phi) is 5.74. The van der Waals surface area contributed by atoms with Crippen LogP contribution in [-0.2, 0) is 4.79 Å². The van der Waals surface area contributed by atoms with E-state index in [1.54, 1.807) is 35.6 Å². The summed E-state index contributed by atoms with van der Waals surface area (Å²) in [6.45, 7) is -0.177. The molecule has 0 N–H and O–H groups in total. The topological polar surface area (TPSA) is 59.0 Å². The quantitative estimate of drug-likeness (QED) is 0.525. The van der Waals surface area contributed by atoms with Gasteiger partial charge in [0.15, 0.2) is 6.61 Å². The van der Waals surface area contributed by atoms with Gasteiger partial charge in [-0.1, -0.05) is 48.0 Å². The number of halogens is 1. The maximum atomic E-state index is 12.9. The fourth-order valence-electron chi connectivity index (χ4n) is 3.19. The first-order valence-corrected chi connectivity index (χ1v) is 10.3. The number of hydrazone groups is 1. The van der Waals surface area contributed by atoms with Gasteiger partial charge in [-0.2, -0.15) is 5.10 Å². The van der Waals surface area contributed by atoms with Gasteiger partial charge in [-0.15, -0.1) is 11.3 Å². The summed E-state index contributed by atoms with van der Waals surface area (Å²) < 4.78 is 5.61. The summed E-state index contributed by atoms with van der Waals surface area (Å²) >= 11 is 7.92. The Bertz CT molecular complexity index is 1070. The SMILES string of the molecule is O=Cc1cccc(OCC(=O)N2N=C(c3ccccc3Cl)CC2c2cccs2)c1. The lowest BCUT2D eigenvalue weighted by atomic mass is 10.0. The lowest BCUT2D eigenvalue weighted by Gasteiger charge is -2.20. The minimum atomic E-state index is -0.262. The highest BCUT2D eigenvalue weighted by Gasteiger charge is 2.34. The van der Waals surface area contributed by atoms with Gasteiger partial charge in [0.1, 0.15) is 12.0 Å². The number of rotatable bonds is 6. The van der Waals surface area contributed by atoms with Crippen molar-refractivity contribution in [3.8, 4) is 5.75 Å². The molecule has 0 saturated heterocycles. The predicted molar refractivity (Wildman–Crippen MR) is 114 cm³/mol. The molecule has 3 aromatic rings. The van der Waals surface area contributed by atoms with Crippen molar-refractivity contribution in [1.82, 2.24) is 5.01 Å². The third-order valence-electron chi connectivity index (χ3n) is 4.58. The van der Waals surface area contributed by atoms with Gasteiger partial charge in [0.05, 0.1) is 11.8 Å². The molecule has 0 aliphatic carbocycles. The fourth-order valence-corrected chi connectivity index (χ4v) is 4.25. The molecular formula is C22H17ClN2O3S. The van der Waals surface area contributed by atoms with Gasteiger partial charge in [-0.3, -0.25) is 9.59 Å². The van der Waals surface area contributed by atoms with Crippen molar-refractivity contribution in [3.63, 3.8) is 0 Å². The van der Waals surface area contributed by atoms with E-state index >= 15 is 0 Å². The van der Waals surface area contributed by atoms with Gasteiger partial charge in [0, 0.05) is 27.4 Å². The zero-order valence-electron chi connectivity index (χ0n) is 15.3. The minimum Gasteiger partial charge on any atom is -0.484 e. The molecule has 1 aliphatic rings. The number of carbonyl (C=O) groups excluding carboxylic acids is 2. The zero-order valence-corrected chi connectivity index (χ0v) is 16.9. The molecular weight excluding hydrogens is 408 g/mol. The van der Waals surface area contributed by atoms with Crippen molar-refractivity contribution in [2.45, 2.75) is 12.5 Å². The van der Waals surface area contributed by atoms with Crippen molar-refractivity contribution < 1.29 is 14.3 Å². The summed E-state index contributed by atoms with van der Waals surface area (Å²) in [4.78, 5) is 24.9. The van der Waals surface area contributed by atoms with E-state index in [2.05, 4.69) is 5.10 Å². The van der Waals surface area contributed by atoms with E-state index < -0.39 is 0 Å². The van der Waals surface area contributed by atoms with Crippen LogP contribution in [0.25, 0.3) is 0 Å². The van der Waals surface area contributed by atoms with Gasteiger partial charge < -0.3 is 4.74 Å². The molecule has 7 heteroatoms. The molecule has 2 heterocycles. The number of hydrogen-bond donors (Lipinski definition) is 0. The second-order valence-electron chi connectivity index (χ2n) is 6.48. The summed E-state index contributed by atoms with van der Waals surface area (Å²) in [5.74, 6) is 0.201. The number of thiophene rings is 1. The highest BCUT2D eigenvalue weighted by atomic mass is 35.5. The van der Waals surface area contributed by atoms with Crippen molar-refractivity contribution in [2.75, 3.05) is 6.61 Å². The smallest absolute Gasteiger partial charge is 0.281 e. The molecule has 29 heavy (non-hydrogen) atoms. The van der Waals surface area contributed by atoms with Crippen molar-refractivity contribution in [1.29, 1.82) is 0 Å². The zero-order chi connectivity index (χ0) is 20.2. The average molecular weight is 425 g/mol. The fraction of sp³-hybridized carbons (Fsp3) is 0.136. The molecule has 1 unspecified atom stereocenters. The van der Waals surface area contributed by atoms with E-state index in [9.17, 15) is 9.59 Å². The van der Waals surface area contributed by atoms with Crippen LogP contribution in [0.3, 0.4) is 0 Å². The Morgan fingerprint density at radius 1 is 1.21 bits per heavy atom. The Morgan fingerprint density at radius 2 is 2.07 bits per heavy atom. The second kappa shape index (κ2) is 8.59. The number of benzene rings is 2. The molecule has 1 aromatic heterocycles. The molecule has 0 saturated carbocycles. The first-order valence-electron chi connectivity index (χ1n) is 9.01. The molecule has 5 nitrogen and oxygen atoms in total. The van der Waals surface area contributed by atoms with Crippen LogP contribution in [0, 0.1) is 0 Å². The molecule has 146 valence electrons. The molecule has 1 aliphatic heterocycles. The molecule has 4 rings (SSSR count). The van der Waals surface area contributed by atoms with Crippen molar-refractivity contribution >= 4 is 40.8 Å². The predicted octanol–water partition coefficient (Wildman–Crippen LogP) is 4.97. The van der Waals surface area contributed by atoms with E-state index in [4.69, 9.17) is 16.3 Å². The molecule has 0 fully saturated rings. The molecule has 1 amide bonds. The maximum absolute atomic E-state index is 12.9. The molecule has 2 aromatic carbocycles. The standard InChI is InChI=1S/C22H17ClN2O3S/c23-18-8-2-1-7-17(18)19-12-20(21-9-4-10-29-21)25(24-19)22(27)14-28-16-6-3-5-15(11-16)13-26/h1-11,13,20H,12,14H2. The Balaban J connectivity index is 1.56. The number of nitrogens with zero attached hydrogens (tertiary/aromatic N) is 2. The number of aldehydes is 1. The average Bonchev–Trinajstić information content (AvgIpc) is 3.42. The summed E-state index contributed by atoms with van der Waals surface area (Å²) in [6, 6.07) is 17.9. The summed E-state index contributed by atoms with van der Waals surface area (Å²) in [7, 11) is 0. The highest BCUT2D eigenvalue weighted by Crippen LogP contribution is 2.36. The minimum absolute atomic E-state index is 0.177. The van der Waals surface area contributed by atoms with E-state index in [1.807, 2.05) is 41.8 Å². The number of carbonyl (C=O) groups is 2. The Hall–Kier alpha value is -2.96. The van der Waals surface area contributed by atoms with Crippen LogP contribution in [0.2, 0.25) is 5.02 Å². The van der Waals surface area contributed by atoms with Crippen molar-refractivity contribution in [2.24, 2.45) is 5.10 Å². The van der Waals surface area contributed by atoms with Crippen LogP contribution < -0.4 is 4.74 Å². The number of amides is 1. The molecule has 0 radical (unpaired) electrons. The lowest BCUT2D eigenvalue weighted by molar-refractivity contribution is -0.135. The summed E-state index contributed by atoms with van der Waals surface area (Å²) in [5, 5.41) is 8.65. The van der Waals surface area contributed by atoms with Crippen LogP contribution in [0.5, 0.6) is 5.75 Å². The van der Waals surface area contributed by atoms with Gasteiger partial charge in [-0.05, 0) is 29.6 Å². The van der Waals surface area contributed by atoms with Crippen LogP contribution in [0.4, 0.5) is 0 Å². The van der Waals surface area contributed by atoms with Crippen LogP contribution >= 0.6 is 22.9 Å².